The zero-order valence-corrected chi connectivity index (χ0v) is 10.1. The standard InChI is InChI=1S/C13H9NO3S/c15-12(16)7-8-3-4-11-9(6-8)14-13(18-11)10-2-1-5-17-10/h1-6H,7H2,(H,15,16). The monoisotopic (exact) mass is 259 g/mol. The summed E-state index contributed by atoms with van der Waals surface area (Å²) in [7, 11) is 0. The van der Waals surface area contributed by atoms with E-state index in [1.54, 1.807) is 6.26 Å². The zero-order chi connectivity index (χ0) is 12.5. The first-order valence-electron chi connectivity index (χ1n) is 5.37. The van der Waals surface area contributed by atoms with E-state index >= 15 is 0 Å². The Kier molecular flexibility index (Phi) is 2.60. The van der Waals surface area contributed by atoms with Gasteiger partial charge in [0.2, 0.25) is 0 Å². The number of nitrogens with zero attached hydrogens (tertiary/aromatic N) is 1. The number of thiazole rings is 1. The largest absolute Gasteiger partial charge is 0.481 e. The quantitative estimate of drug-likeness (QED) is 0.784. The molecule has 1 N–H and O–H groups in total. The Labute approximate surface area is 107 Å². The van der Waals surface area contributed by atoms with Gasteiger partial charge in [0.1, 0.15) is 0 Å². The van der Waals surface area contributed by atoms with Crippen LogP contribution in [-0.4, -0.2) is 16.1 Å². The van der Waals surface area contributed by atoms with E-state index in [1.165, 1.54) is 11.3 Å². The number of hydrogen-bond donors (Lipinski definition) is 1. The third-order valence-electron chi connectivity index (χ3n) is 2.54. The number of aromatic nitrogens is 1. The van der Waals surface area contributed by atoms with Crippen LogP contribution >= 0.6 is 11.3 Å². The minimum atomic E-state index is -0.837. The van der Waals surface area contributed by atoms with Crippen molar-refractivity contribution < 1.29 is 14.3 Å². The second kappa shape index (κ2) is 4.27. The molecule has 0 aliphatic heterocycles. The number of carboxylic acids is 1. The smallest absolute Gasteiger partial charge is 0.307 e. The first kappa shape index (κ1) is 11.0. The van der Waals surface area contributed by atoms with Crippen LogP contribution in [0.25, 0.3) is 21.0 Å². The second-order valence-electron chi connectivity index (χ2n) is 3.87. The maximum absolute atomic E-state index is 10.7. The van der Waals surface area contributed by atoms with Gasteiger partial charge >= 0.3 is 5.97 Å². The minimum Gasteiger partial charge on any atom is -0.481 e. The van der Waals surface area contributed by atoms with Crippen molar-refractivity contribution in [1.29, 1.82) is 0 Å². The molecule has 3 aromatic rings. The summed E-state index contributed by atoms with van der Waals surface area (Å²) in [6.45, 7) is 0. The van der Waals surface area contributed by atoms with Crippen molar-refractivity contribution in [2.24, 2.45) is 0 Å². The van der Waals surface area contributed by atoms with E-state index in [1.807, 2.05) is 30.3 Å². The van der Waals surface area contributed by atoms with Crippen LogP contribution < -0.4 is 0 Å². The highest BCUT2D eigenvalue weighted by atomic mass is 32.1. The van der Waals surface area contributed by atoms with E-state index in [2.05, 4.69) is 4.98 Å². The van der Waals surface area contributed by atoms with Crippen LogP contribution in [0.3, 0.4) is 0 Å². The summed E-state index contributed by atoms with van der Waals surface area (Å²) in [5, 5.41) is 9.57. The lowest BCUT2D eigenvalue weighted by Gasteiger charge is -1.95. The molecule has 90 valence electrons. The van der Waals surface area contributed by atoms with Gasteiger partial charge in [0.05, 0.1) is 22.9 Å². The van der Waals surface area contributed by atoms with Gasteiger partial charge in [0.25, 0.3) is 0 Å². The van der Waals surface area contributed by atoms with Gasteiger partial charge in [-0.25, -0.2) is 4.98 Å². The molecule has 0 unspecified atom stereocenters. The summed E-state index contributed by atoms with van der Waals surface area (Å²) in [5.74, 6) is -0.105. The van der Waals surface area contributed by atoms with Crippen LogP contribution in [0.5, 0.6) is 0 Å². The zero-order valence-electron chi connectivity index (χ0n) is 9.29. The lowest BCUT2D eigenvalue weighted by molar-refractivity contribution is -0.136. The molecule has 0 aliphatic rings. The molecule has 2 heterocycles. The molecular weight excluding hydrogens is 250 g/mol. The predicted octanol–water partition coefficient (Wildman–Crippen LogP) is 3.18. The molecule has 0 saturated heterocycles. The molecule has 2 aromatic heterocycles. The number of hydrogen-bond acceptors (Lipinski definition) is 4. The van der Waals surface area contributed by atoms with Crippen LogP contribution in [0, 0.1) is 0 Å². The molecule has 1 aromatic carbocycles. The molecule has 18 heavy (non-hydrogen) atoms. The van der Waals surface area contributed by atoms with Gasteiger partial charge in [0, 0.05) is 0 Å². The van der Waals surface area contributed by atoms with Gasteiger partial charge in [-0.2, -0.15) is 0 Å². The third-order valence-corrected chi connectivity index (χ3v) is 3.59. The molecule has 0 saturated carbocycles. The van der Waals surface area contributed by atoms with Crippen molar-refractivity contribution in [2.45, 2.75) is 6.42 Å². The first-order chi connectivity index (χ1) is 8.72. The summed E-state index contributed by atoms with van der Waals surface area (Å²) in [4.78, 5) is 15.1. The summed E-state index contributed by atoms with van der Waals surface area (Å²) >= 11 is 1.53. The van der Waals surface area contributed by atoms with Crippen molar-refractivity contribution in [3.05, 3.63) is 42.2 Å². The summed E-state index contributed by atoms with van der Waals surface area (Å²) < 4.78 is 6.32. The van der Waals surface area contributed by atoms with Crippen LogP contribution in [-0.2, 0) is 11.2 Å². The molecule has 0 spiro atoms. The lowest BCUT2D eigenvalue weighted by Crippen LogP contribution is -1.99. The highest BCUT2D eigenvalue weighted by molar-refractivity contribution is 7.21. The maximum Gasteiger partial charge on any atom is 0.307 e. The van der Waals surface area contributed by atoms with Crippen LogP contribution in [0.1, 0.15) is 5.56 Å². The van der Waals surface area contributed by atoms with E-state index in [0.717, 1.165) is 26.5 Å². The topological polar surface area (TPSA) is 63.3 Å². The molecule has 0 atom stereocenters. The Hall–Kier alpha value is -2.14. The fourth-order valence-corrected chi connectivity index (χ4v) is 2.68. The van der Waals surface area contributed by atoms with Crippen molar-refractivity contribution in [1.82, 2.24) is 4.98 Å². The molecule has 4 nitrogen and oxygen atoms in total. The van der Waals surface area contributed by atoms with Crippen LogP contribution in [0.15, 0.2) is 41.0 Å². The molecule has 3 rings (SSSR count). The van der Waals surface area contributed by atoms with Gasteiger partial charge in [0.15, 0.2) is 10.8 Å². The van der Waals surface area contributed by atoms with Gasteiger partial charge in [-0.3, -0.25) is 4.79 Å². The van der Waals surface area contributed by atoms with Crippen LogP contribution in [0.2, 0.25) is 0 Å². The van der Waals surface area contributed by atoms with Gasteiger partial charge in [-0.1, -0.05) is 6.07 Å². The minimum absolute atomic E-state index is 0.0174. The number of fused-ring (bicyclic) bond motifs is 1. The Morgan fingerprint density at radius 3 is 3.00 bits per heavy atom. The Morgan fingerprint density at radius 1 is 1.39 bits per heavy atom. The van der Waals surface area contributed by atoms with E-state index in [-0.39, 0.29) is 6.42 Å². The molecule has 0 bridgehead atoms. The predicted molar refractivity (Wildman–Crippen MR) is 68.7 cm³/mol. The van der Waals surface area contributed by atoms with Gasteiger partial charge in [-0.05, 0) is 29.8 Å². The first-order valence-corrected chi connectivity index (χ1v) is 6.19. The fraction of sp³-hybridized carbons (Fsp3) is 0.0769. The number of carbonyl (C=O) groups is 1. The van der Waals surface area contributed by atoms with Gasteiger partial charge in [-0.15, -0.1) is 11.3 Å². The lowest BCUT2D eigenvalue weighted by atomic mass is 10.1. The number of carboxylic acid groups (broad SMARTS) is 1. The van der Waals surface area contributed by atoms with Crippen molar-refractivity contribution in [2.75, 3.05) is 0 Å². The number of benzene rings is 1. The molecule has 5 heteroatoms. The van der Waals surface area contributed by atoms with Crippen molar-refractivity contribution >= 4 is 27.5 Å². The van der Waals surface area contributed by atoms with Crippen molar-refractivity contribution in [3.8, 4) is 10.8 Å². The molecule has 0 fully saturated rings. The third kappa shape index (κ3) is 2.00. The fourth-order valence-electron chi connectivity index (χ4n) is 1.76. The Bertz CT molecular complexity index is 700. The Morgan fingerprint density at radius 2 is 2.28 bits per heavy atom. The van der Waals surface area contributed by atoms with E-state index in [9.17, 15) is 4.79 Å². The SMILES string of the molecule is O=C(O)Cc1ccc2sc(-c3ccco3)nc2c1. The highest BCUT2D eigenvalue weighted by Gasteiger charge is 2.09. The second-order valence-corrected chi connectivity index (χ2v) is 4.90. The number of rotatable bonds is 3. The molecule has 0 amide bonds. The molecule has 0 aliphatic carbocycles. The molecule has 0 radical (unpaired) electrons. The highest BCUT2D eigenvalue weighted by Crippen LogP contribution is 2.30. The van der Waals surface area contributed by atoms with E-state index in [4.69, 9.17) is 9.52 Å². The van der Waals surface area contributed by atoms with Gasteiger partial charge < -0.3 is 9.52 Å². The van der Waals surface area contributed by atoms with E-state index < -0.39 is 5.97 Å². The summed E-state index contributed by atoms with van der Waals surface area (Å²) in [6, 6.07) is 9.21. The average molecular weight is 259 g/mol. The summed E-state index contributed by atoms with van der Waals surface area (Å²) in [6.07, 6.45) is 1.63. The number of aliphatic carboxylic acids is 1. The molecular formula is C13H9NO3S. The van der Waals surface area contributed by atoms with Crippen LogP contribution in [0.4, 0.5) is 0 Å². The van der Waals surface area contributed by atoms with E-state index in [0.29, 0.717) is 0 Å². The van der Waals surface area contributed by atoms with Crippen molar-refractivity contribution in [3.63, 3.8) is 0 Å². The maximum atomic E-state index is 10.7. The average Bonchev–Trinajstić information content (AvgIpc) is 2.95. The summed E-state index contributed by atoms with van der Waals surface area (Å²) in [5.41, 5.74) is 1.57. The Balaban J connectivity index is 2.04. The normalized spacial score (nSPS) is 10.9. The number of furan rings is 1.